The number of hydrogen-bond acceptors (Lipinski definition) is 2. The van der Waals surface area contributed by atoms with Gasteiger partial charge in [-0.3, -0.25) is 4.79 Å². The first-order valence-corrected chi connectivity index (χ1v) is 6.90. The second kappa shape index (κ2) is 7.33. The van der Waals surface area contributed by atoms with Gasteiger partial charge in [-0.1, -0.05) is 28.1 Å². The summed E-state index contributed by atoms with van der Waals surface area (Å²) in [5, 5.41) is 13.2. The Kier molecular flexibility index (Phi) is 6.05. The summed E-state index contributed by atoms with van der Waals surface area (Å²) in [7, 11) is 0. The molecular weight excluding hydrogens is 282 g/mol. The van der Waals surface area contributed by atoms with E-state index in [0.717, 1.165) is 23.7 Å². The van der Waals surface area contributed by atoms with Crippen molar-refractivity contribution in [2.75, 3.05) is 5.33 Å². The molecule has 1 aromatic rings. The third kappa shape index (κ3) is 5.22. The van der Waals surface area contributed by atoms with Crippen LogP contribution in [0.5, 0.6) is 5.75 Å². The number of rotatable bonds is 6. The minimum Gasteiger partial charge on any atom is -0.508 e. The lowest BCUT2D eigenvalue weighted by Gasteiger charge is -2.14. The molecule has 4 heteroatoms. The van der Waals surface area contributed by atoms with Gasteiger partial charge in [0.25, 0.3) is 0 Å². The topological polar surface area (TPSA) is 49.3 Å². The first kappa shape index (κ1) is 14.0. The van der Waals surface area contributed by atoms with Crippen LogP contribution in [0.2, 0.25) is 0 Å². The van der Waals surface area contributed by atoms with Gasteiger partial charge >= 0.3 is 0 Å². The van der Waals surface area contributed by atoms with Gasteiger partial charge in [-0.2, -0.15) is 0 Å². The smallest absolute Gasteiger partial charge is 0.220 e. The summed E-state index contributed by atoms with van der Waals surface area (Å²) in [6.45, 7) is 1.91. The summed E-state index contributed by atoms with van der Waals surface area (Å²) in [6, 6.07) is 6.89. The molecule has 2 N–H and O–H groups in total. The minimum absolute atomic E-state index is 0.0572. The molecule has 1 amide bonds. The molecule has 17 heavy (non-hydrogen) atoms. The van der Waals surface area contributed by atoms with E-state index in [-0.39, 0.29) is 17.7 Å². The van der Waals surface area contributed by atoms with E-state index in [1.54, 1.807) is 18.2 Å². The van der Waals surface area contributed by atoms with Crippen molar-refractivity contribution in [1.29, 1.82) is 0 Å². The molecule has 0 fully saturated rings. The van der Waals surface area contributed by atoms with Crippen molar-refractivity contribution in [1.82, 2.24) is 5.32 Å². The van der Waals surface area contributed by atoms with Crippen LogP contribution in [-0.4, -0.2) is 16.3 Å². The Morgan fingerprint density at radius 1 is 1.47 bits per heavy atom. The normalized spacial score (nSPS) is 12.1. The van der Waals surface area contributed by atoms with E-state index >= 15 is 0 Å². The summed E-state index contributed by atoms with van der Waals surface area (Å²) >= 11 is 3.34. The molecule has 3 nitrogen and oxygen atoms in total. The van der Waals surface area contributed by atoms with Crippen molar-refractivity contribution in [3.05, 3.63) is 29.8 Å². The highest BCUT2D eigenvalue weighted by Crippen LogP contribution is 2.17. The zero-order valence-corrected chi connectivity index (χ0v) is 11.5. The Morgan fingerprint density at radius 2 is 2.24 bits per heavy atom. The summed E-state index contributed by atoms with van der Waals surface area (Å²) < 4.78 is 0. The molecule has 0 saturated carbocycles. The number of alkyl halides is 1. The number of unbranched alkanes of at least 4 members (excludes halogenated alkanes) is 1. The zero-order valence-electron chi connectivity index (χ0n) is 9.95. The molecule has 0 heterocycles. The van der Waals surface area contributed by atoms with E-state index in [1.807, 2.05) is 13.0 Å². The van der Waals surface area contributed by atoms with Crippen molar-refractivity contribution in [2.45, 2.75) is 32.2 Å². The van der Waals surface area contributed by atoms with Gasteiger partial charge in [0.15, 0.2) is 0 Å². The fraction of sp³-hybridized carbons (Fsp3) is 0.462. The SMILES string of the molecule is CC(NC(=O)CCCCBr)c1cccc(O)c1. The lowest BCUT2D eigenvalue weighted by Crippen LogP contribution is -2.26. The van der Waals surface area contributed by atoms with Gasteiger partial charge in [0.2, 0.25) is 5.91 Å². The monoisotopic (exact) mass is 299 g/mol. The second-order valence-corrected chi connectivity index (χ2v) is 4.82. The molecule has 1 unspecified atom stereocenters. The Balaban J connectivity index is 2.43. The van der Waals surface area contributed by atoms with Crippen LogP contribution < -0.4 is 5.32 Å². The van der Waals surface area contributed by atoms with Crippen LogP contribution >= 0.6 is 15.9 Å². The summed E-state index contributed by atoms with van der Waals surface area (Å²) in [5.41, 5.74) is 0.916. The summed E-state index contributed by atoms with van der Waals surface area (Å²) in [6.07, 6.45) is 2.45. The molecule has 0 aromatic heterocycles. The largest absolute Gasteiger partial charge is 0.508 e. The number of phenolic OH excluding ortho intramolecular Hbond substituents is 1. The van der Waals surface area contributed by atoms with Crippen LogP contribution in [0.15, 0.2) is 24.3 Å². The maximum absolute atomic E-state index is 11.6. The molecular formula is C13H18BrNO2. The molecule has 0 aliphatic heterocycles. The fourth-order valence-electron chi connectivity index (χ4n) is 1.57. The third-order valence-corrected chi connectivity index (χ3v) is 3.10. The average Bonchev–Trinajstić information content (AvgIpc) is 2.29. The third-order valence-electron chi connectivity index (χ3n) is 2.54. The van der Waals surface area contributed by atoms with E-state index < -0.39 is 0 Å². The Morgan fingerprint density at radius 3 is 2.88 bits per heavy atom. The quantitative estimate of drug-likeness (QED) is 0.626. The van der Waals surface area contributed by atoms with Crippen molar-refractivity contribution < 1.29 is 9.90 Å². The van der Waals surface area contributed by atoms with E-state index in [0.29, 0.717) is 6.42 Å². The van der Waals surface area contributed by atoms with E-state index in [9.17, 15) is 9.90 Å². The lowest BCUT2D eigenvalue weighted by atomic mass is 10.1. The molecule has 1 rings (SSSR count). The van der Waals surface area contributed by atoms with Crippen LogP contribution in [0.1, 0.15) is 37.8 Å². The van der Waals surface area contributed by atoms with E-state index in [1.165, 1.54) is 0 Å². The number of nitrogens with one attached hydrogen (secondary N) is 1. The predicted molar refractivity (Wildman–Crippen MR) is 72.3 cm³/mol. The van der Waals surface area contributed by atoms with Gasteiger partial charge in [0.1, 0.15) is 5.75 Å². The molecule has 0 aliphatic rings. The Hall–Kier alpha value is -1.03. The predicted octanol–water partition coefficient (Wildman–Crippen LogP) is 3.13. The highest BCUT2D eigenvalue weighted by molar-refractivity contribution is 9.09. The van der Waals surface area contributed by atoms with E-state index in [4.69, 9.17) is 0 Å². The Bertz CT molecular complexity index is 368. The summed E-state index contributed by atoms with van der Waals surface area (Å²) in [4.78, 5) is 11.6. The number of halogens is 1. The van der Waals surface area contributed by atoms with Crippen molar-refractivity contribution in [2.24, 2.45) is 0 Å². The maximum atomic E-state index is 11.6. The van der Waals surface area contributed by atoms with Crippen LogP contribution in [0, 0.1) is 0 Å². The van der Waals surface area contributed by atoms with Crippen LogP contribution in [0.25, 0.3) is 0 Å². The van der Waals surface area contributed by atoms with Gasteiger partial charge < -0.3 is 10.4 Å². The average molecular weight is 300 g/mol. The van der Waals surface area contributed by atoms with Crippen molar-refractivity contribution in [3.8, 4) is 5.75 Å². The molecule has 94 valence electrons. The van der Waals surface area contributed by atoms with Crippen LogP contribution in [0.4, 0.5) is 0 Å². The molecule has 0 saturated heterocycles. The number of carbonyl (C=O) groups is 1. The van der Waals surface area contributed by atoms with Crippen LogP contribution in [-0.2, 0) is 4.79 Å². The summed E-state index contributed by atoms with van der Waals surface area (Å²) in [5.74, 6) is 0.282. The maximum Gasteiger partial charge on any atom is 0.220 e. The molecule has 0 radical (unpaired) electrons. The highest BCUT2D eigenvalue weighted by Gasteiger charge is 2.09. The first-order valence-electron chi connectivity index (χ1n) is 5.77. The number of benzene rings is 1. The number of aromatic hydroxyl groups is 1. The fourth-order valence-corrected chi connectivity index (χ4v) is 1.97. The highest BCUT2D eigenvalue weighted by atomic mass is 79.9. The molecule has 0 bridgehead atoms. The van der Waals surface area contributed by atoms with Crippen molar-refractivity contribution in [3.63, 3.8) is 0 Å². The lowest BCUT2D eigenvalue weighted by molar-refractivity contribution is -0.121. The van der Waals surface area contributed by atoms with Gasteiger partial charge in [0, 0.05) is 11.8 Å². The minimum atomic E-state index is -0.0708. The Labute approximate surface area is 110 Å². The zero-order chi connectivity index (χ0) is 12.7. The van der Waals surface area contributed by atoms with Crippen LogP contribution in [0.3, 0.4) is 0 Å². The number of hydrogen-bond donors (Lipinski definition) is 2. The molecule has 1 atom stereocenters. The van der Waals surface area contributed by atoms with Gasteiger partial charge in [-0.15, -0.1) is 0 Å². The number of amides is 1. The number of phenols is 1. The van der Waals surface area contributed by atoms with Gasteiger partial charge in [-0.25, -0.2) is 0 Å². The molecule has 1 aromatic carbocycles. The van der Waals surface area contributed by atoms with Crippen molar-refractivity contribution >= 4 is 21.8 Å². The van der Waals surface area contributed by atoms with E-state index in [2.05, 4.69) is 21.2 Å². The standard InChI is InChI=1S/C13H18BrNO2/c1-10(11-5-4-6-12(16)9-11)15-13(17)7-2-3-8-14/h4-6,9-10,16H,2-3,7-8H2,1H3,(H,15,17). The van der Waals surface area contributed by atoms with Gasteiger partial charge in [0.05, 0.1) is 6.04 Å². The molecule has 0 spiro atoms. The molecule has 0 aliphatic carbocycles. The van der Waals surface area contributed by atoms with Gasteiger partial charge in [-0.05, 0) is 37.5 Å². The number of carbonyl (C=O) groups excluding carboxylic acids is 1. The second-order valence-electron chi connectivity index (χ2n) is 4.03. The first-order chi connectivity index (χ1) is 8.13.